The zero-order valence-electron chi connectivity index (χ0n) is 13.2. The van der Waals surface area contributed by atoms with Gasteiger partial charge in [-0.15, -0.1) is 0 Å². The Morgan fingerprint density at radius 3 is 2.86 bits per heavy atom. The lowest BCUT2D eigenvalue weighted by Crippen LogP contribution is -2.18. The molecule has 2 atom stereocenters. The van der Waals surface area contributed by atoms with Gasteiger partial charge < -0.3 is 4.74 Å². The highest BCUT2D eigenvalue weighted by Crippen LogP contribution is 2.44. The minimum Gasteiger partial charge on any atom is -0.464 e. The van der Waals surface area contributed by atoms with E-state index in [2.05, 4.69) is 48.6 Å². The molecule has 2 heteroatoms. The molecule has 0 spiro atoms. The fourth-order valence-corrected chi connectivity index (χ4v) is 3.06. The topological polar surface area (TPSA) is 26.3 Å². The third-order valence-corrected chi connectivity index (χ3v) is 4.57. The zero-order chi connectivity index (χ0) is 15.5. The molecule has 0 N–H and O–H groups in total. The number of esters is 1. The first-order valence-electron chi connectivity index (χ1n) is 8.05. The van der Waals surface area contributed by atoms with Crippen LogP contribution in [0.5, 0.6) is 0 Å². The summed E-state index contributed by atoms with van der Waals surface area (Å²) in [6.45, 7) is 4.36. The Kier molecular flexibility index (Phi) is 4.28. The van der Waals surface area contributed by atoms with Crippen molar-refractivity contribution < 1.29 is 9.53 Å². The van der Waals surface area contributed by atoms with E-state index >= 15 is 0 Å². The van der Waals surface area contributed by atoms with Gasteiger partial charge in [-0.05, 0) is 35.1 Å². The predicted octanol–water partition coefficient (Wildman–Crippen LogP) is 4.64. The summed E-state index contributed by atoms with van der Waals surface area (Å²) in [5.41, 5.74) is 5.08. The van der Waals surface area contributed by atoms with Crippen LogP contribution in [0, 0.1) is 5.92 Å². The molecule has 0 heterocycles. The highest BCUT2D eigenvalue weighted by Gasteiger charge is 2.30. The first kappa shape index (κ1) is 14.8. The molecule has 0 aliphatic heterocycles. The quantitative estimate of drug-likeness (QED) is 0.756. The summed E-state index contributed by atoms with van der Waals surface area (Å²) in [5, 5.41) is 0. The number of hydrogen-bond acceptors (Lipinski definition) is 2. The molecule has 2 nitrogen and oxygen atoms in total. The number of fused-ring (bicyclic) bond motifs is 2. The molecule has 0 fully saturated rings. The van der Waals surface area contributed by atoms with Gasteiger partial charge in [0, 0.05) is 5.92 Å². The number of ether oxygens (including phenoxy) is 1. The average Bonchev–Trinajstić information content (AvgIpc) is 2.70. The molecular formula is C20H22O2. The predicted molar refractivity (Wildman–Crippen MR) is 89.4 cm³/mol. The molecule has 2 unspecified atom stereocenters. The maximum Gasteiger partial charge on any atom is 0.308 e. The van der Waals surface area contributed by atoms with Gasteiger partial charge >= 0.3 is 5.97 Å². The lowest BCUT2D eigenvalue weighted by atomic mass is 9.96. The molecule has 2 aliphatic carbocycles. The largest absolute Gasteiger partial charge is 0.464 e. The van der Waals surface area contributed by atoms with E-state index in [1.807, 2.05) is 13.8 Å². The van der Waals surface area contributed by atoms with Gasteiger partial charge in [-0.1, -0.05) is 62.4 Å². The van der Waals surface area contributed by atoms with Crippen molar-refractivity contribution in [2.75, 3.05) is 6.61 Å². The van der Waals surface area contributed by atoms with Crippen molar-refractivity contribution in [3.05, 3.63) is 65.3 Å². The molecule has 0 amide bonds. The summed E-state index contributed by atoms with van der Waals surface area (Å²) >= 11 is 0. The van der Waals surface area contributed by atoms with Gasteiger partial charge in [0.25, 0.3) is 0 Å². The second-order valence-electron chi connectivity index (χ2n) is 5.99. The number of hydrogen-bond donors (Lipinski definition) is 0. The molecule has 1 aromatic rings. The van der Waals surface area contributed by atoms with Crippen molar-refractivity contribution in [3.8, 4) is 0 Å². The smallest absolute Gasteiger partial charge is 0.308 e. The molecule has 0 saturated carbocycles. The van der Waals surface area contributed by atoms with Crippen molar-refractivity contribution in [1.82, 2.24) is 0 Å². The number of benzene rings is 1. The minimum absolute atomic E-state index is 0.0327. The van der Waals surface area contributed by atoms with E-state index in [1.165, 1.54) is 22.3 Å². The van der Waals surface area contributed by atoms with Gasteiger partial charge in [0.15, 0.2) is 0 Å². The van der Waals surface area contributed by atoms with E-state index in [0.717, 1.165) is 12.8 Å². The van der Waals surface area contributed by atoms with Crippen LogP contribution in [0.25, 0.3) is 5.57 Å². The maximum atomic E-state index is 12.0. The van der Waals surface area contributed by atoms with E-state index in [0.29, 0.717) is 6.61 Å². The monoisotopic (exact) mass is 294 g/mol. The van der Waals surface area contributed by atoms with Gasteiger partial charge in [0.2, 0.25) is 0 Å². The van der Waals surface area contributed by atoms with Gasteiger partial charge in [-0.25, -0.2) is 0 Å². The van der Waals surface area contributed by atoms with Crippen LogP contribution in [0.4, 0.5) is 0 Å². The molecule has 0 radical (unpaired) electrons. The Morgan fingerprint density at radius 2 is 2.05 bits per heavy atom. The summed E-state index contributed by atoms with van der Waals surface area (Å²) in [6, 6.07) is 8.43. The van der Waals surface area contributed by atoms with Crippen LogP contribution < -0.4 is 0 Å². The maximum absolute atomic E-state index is 12.0. The second-order valence-corrected chi connectivity index (χ2v) is 5.99. The van der Waals surface area contributed by atoms with E-state index < -0.39 is 0 Å². The highest BCUT2D eigenvalue weighted by molar-refractivity contribution is 5.86. The van der Waals surface area contributed by atoms with Gasteiger partial charge in [-0.2, -0.15) is 0 Å². The zero-order valence-corrected chi connectivity index (χ0v) is 13.2. The summed E-state index contributed by atoms with van der Waals surface area (Å²) in [6.07, 6.45) is 10.5. The minimum atomic E-state index is -0.0952. The standard InChI is InChI=1S/C20H22O2/c1-3-14(2)20(21)22-13-19-17-10-6-4-5-9-15(17)16-11-7-8-12-18(16)19/h5-12,14,19H,3-4,13H2,1-2H3. The normalized spacial score (nSPS) is 20.4. The first-order chi connectivity index (χ1) is 10.7. The Labute approximate surface area is 132 Å². The number of carbonyl (C=O) groups excluding carboxylic acids is 1. The molecule has 22 heavy (non-hydrogen) atoms. The Hall–Kier alpha value is -2.09. The Balaban J connectivity index is 1.88. The second kappa shape index (κ2) is 6.35. The SMILES string of the molecule is CCC(C)C(=O)OCC1C2=C(C=CCC=C2)c2ccccc21. The third-order valence-electron chi connectivity index (χ3n) is 4.57. The van der Waals surface area contributed by atoms with Crippen LogP contribution in [0.1, 0.15) is 43.7 Å². The molecule has 114 valence electrons. The van der Waals surface area contributed by atoms with Crippen LogP contribution in [-0.2, 0) is 9.53 Å². The van der Waals surface area contributed by atoms with E-state index in [4.69, 9.17) is 4.74 Å². The molecule has 0 aromatic heterocycles. The molecule has 0 bridgehead atoms. The van der Waals surface area contributed by atoms with E-state index in [1.54, 1.807) is 0 Å². The fraction of sp³-hybridized carbons (Fsp3) is 0.350. The first-order valence-corrected chi connectivity index (χ1v) is 8.05. The summed E-state index contributed by atoms with van der Waals surface area (Å²) in [4.78, 5) is 12.0. The molecule has 0 saturated heterocycles. The van der Waals surface area contributed by atoms with Crippen molar-refractivity contribution in [1.29, 1.82) is 0 Å². The van der Waals surface area contributed by atoms with E-state index in [9.17, 15) is 4.79 Å². The lowest BCUT2D eigenvalue weighted by Gasteiger charge is -2.17. The number of allylic oxidation sites excluding steroid dienone is 5. The number of carbonyl (C=O) groups is 1. The third kappa shape index (κ3) is 2.66. The summed E-state index contributed by atoms with van der Waals surface area (Å²) in [5.74, 6) is 0.0232. The molecule has 3 rings (SSSR count). The highest BCUT2D eigenvalue weighted by atomic mass is 16.5. The van der Waals surface area contributed by atoms with Crippen LogP contribution >= 0.6 is 0 Å². The Morgan fingerprint density at radius 1 is 1.27 bits per heavy atom. The summed E-state index contributed by atoms with van der Waals surface area (Å²) in [7, 11) is 0. The lowest BCUT2D eigenvalue weighted by molar-refractivity contribution is -0.148. The molecular weight excluding hydrogens is 272 g/mol. The van der Waals surface area contributed by atoms with Crippen molar-refractivity contribution in [2.45, 2.75) is 32.6 Å². The van der Waals surface area contributed by atoms with Crippen molar-refractivity contribution in [2.24, 2.45) is 5.92 Å². The van der Waals surface area contributed by atoms with Crippen LogP contribution in [0.3, 0.4) is 0 Å². The van der Waals surface area contributed by atoms with Crippen LogP contribution in [0.2, 0.25) is 0 Å². The van der Waals surface area contributed by atoms with Crippen LogP contribution in [0.15, 0.2) is 54.1 Å². The van der Waals surface area contributed by atoms with Crippen LogP contribution in [-0.4, -0.2) is 12.6 Å². The fourth-order valence-electron chi connectivity index (χ4n) is 3.06. The summed E-state index contributed by atoms with van der Waals surface area (Å²) < 4.78 is 5.59. The average molecular weight is 294 g/mol. The molecule has 1 aromatic carbocycles. The van der Waals surface area contributed by atoms with Gasteiger partial charge in [0.1, 0.15) is 6.61 Å². The van der Waals surface area contributed by atoms with E-state index in [-0.39, 0.29) is 17.8 Å². The molecule has 2 aliphatic rings. The number of rotatable bonds is 4. The van der Waals surface area contributed by atoms with Gasteiger partial charge in [0.05, 0.1) is 5.92 Å². The van der Waals surface area contributed by atoms with Crippen molar-refractivity contribution >= 4 is 11.5 Å². The van der Waals surface area contributed by atoms with Gasteiger partial charge in [-0.3, -0.25) is 4.79 Å². The Bertz CT molecular complexity index is 664. The van der Waals surface area contributed by atoms with Crippen molar-refractivity contribution in [3.63, 3.8) is 0 Å².